The number of aldehydes is 2. The second-order valence-electron chi connectivity index (χ2n) is 12.9. The van der Waals surface area contributed by atoms with Gasteiger partial charge in [-0.15, -0.1) is 22.7 Å². The smallest absolute Gasteiger partial charge is 0.160 e. The summed E-state index contributed by atoms with van der Waals surface area (Å²) in [6.07, 6.45) is 1.78. The summed E-state index contributed by atoms with van der Waals surface area (Å²) < 4.78 is 10.8. The van der Waals surface area contributed by atoms with Crippen molar-refractivity contribution in [2.24, 2.45) is 0 Å². The third kappa shape index (κ3) is 7.61. The number of thiophene rings is 2. The third-order valence-corrected chi connectivity index (χ3v) is 11.7. The molecule has 6 nitrogen and oxygen atoms in total. The van der Waals surface area contributed by atoms with E-state index in [0.29, 0.717) is 9.75 Å². The Morgan fingerprint density at radius 3 is 0.875 bits per heavy atom. The van der Waals surface area contributed by atoms with Crippen molar-refractivity contribution in [1.82, 2.24) is 0 Å². The number of hydrogen-bond donors (Lipinski definition) is 0. The van der Waals surface area contributed by atoms with Gasteiger partial charge in [-0.3, -0.25) is 9.59 Å². The lowest BCUT2D eigenvalue weighted by molar-refractivity contribution is 0.111. The molecular weight excluding hydrogens is 733 g/mol. The van der Waals surface area contributed by atoms with E-state index in [1.54, 1.807) is 14.2 Å². The molecule has 0 radical (unpaired) electrons. The van der Waals surface area contributed by atoms with Gasteiger partial charge in [0.2, 0.25) is 0 Å². The summed E-state index contributed by atoms with van der Waals surface area (Å²) in [5.74, 6) is 1.60. The van der Waals surface area contributed by atoms with Crippen LogP contribution in [0.3, 0.4) is 0 Å². The van der Waals surface area contributed by atoms with Crippen molar-refractivity contribution in [1.29, 1.82) is 0 Å². The van der Waals surface area contributed by atoms with E-state index in [9.17, 15) is 9.59 Å². The van der Waals surface area contributed by atoms with E-state index in [2.05, 4.69) is 131 Å². The van der Waals surface area contributed by atoms with Crippen molar-refractivity contribution in [2.75, 3.05) is 24.0 Å². The molecule has 0 atom stereocenters. The van der Waals surface area contributed by atoms with Crippen molar-refractivity contribution >= 4 is 69.4 Å². The van der Waals surface area contributed by atoms with Crippen molar-refractivity contribution in [3.8, 4) is 43.5 Å². The molecule has 2 heterocycles. The van der Waals surface area contributed by atoms with Crippen LogP contribution in [-0.2, 0) is 0 Å². The zero-order valence-corrected chi connectivity index (χ0v) is 32.3. The molecule has 2 aromatic heterocycles. The van der Waals surface area contributed by atoms with Crippen LogP contribution in [0.5, 0.6) is 11.5 Å². The van der Waals surface area contributed by atoms with Gasteiger partial charge in [0, 0.05) is 43.9 Å². The third-order valence-electron chi connectivity index (χ3n) is 9.55. The summed E-state index contributed by atoms with van der Waals surface area (Å²) in [4.78, 5) is 30.6. The first kappa shape index (κ1) is 36.2. The molecule has 0 spiro atoms. The van der Waals surface area contributed by atoms with E-state index >= 15 is 0 Å². The first-order valence-electron chi connectivity index (χ1n) is 17.9. The van der Waals surface area contributed by atoms with Crippen molar-refractivity contribution in [2.45, 2.75) is 0 Å². The molecule has 0 aliphatic carbocycles. The highest BCUT2D eigenvalue weighted by Gasteiger charge is 2.16. The number of nitrogens with zero attached hydrogens (tertiary/aromatic N) is 2. The maximum absolute atomic E-state index is 11.3. The van der Waals surface area contributed by atoms with Gasteiger partial charge >= 0.3 is 0 Å². The summed E-state index contributed by atoms with van der Waals surface area (Å²) >= 11 is 2.97. The average molecular weight is 769 g/mol. The fraction of sp³-hybridized carbons (Fsp3) is 0.0417. The molecule has 0 N–H and O–H groups in total. The van der Waals surface area contributed by atoms with E-state index in [4.69, 9.17) is 9.47 Å². The Morgan fingerprint density at radius 1 is 0.357 bits per heavy atom. The van der Waals surface area contributed by atoms with Crippen LogP contribution in [0.4, 0.5) is 34.1 Å². The molecule has 0 fully saturated rings. The van der Waals surface area contributed by atoms with Gasteiger partial charge in [-0.25, -0.2) is 0 Å². The first-order chi connectivity index (χ1) is 27.5. The molecule has 0 bridgehead atoms. The molecule has 274 valence electrons. The normalized spacial score (nSPS) is 10.8. The topological polar surface area (TPSA) is 59.1 Å². The molecule has 0 saturated carbocycles. The molecule has 8 aromatic rings. The molecule has 0 aliphatic heterocycles. The number of rotatable bonds is 13. The predicted molar refractivity (Wildman–Crippen MR) is 232 cm³/mol. The summed E-state index contributed by atoms with van der Waals surface area (Å²) in [5.41, 5.74) is 10.4. The number of hydrogen-bond acceptors (Lipinski definition) is 8. The largest absolute Gasteiger partial charge is 0.497 e. The van der Waals surface area contributed by atoms with Crippen LogP contribution in [0.2, 0.25) is 0 Å². The first-order valence-corrected chi connectivity index (χ1v) is 19.6. The van der Waals surface area contributed by atoms with Crippen LogP contribution in [0.25, 0.3) is 32.0 Å². The molecule has 8 rings (SSSR count). The summed E-state index contributed by atoms with van der Waals surface area (Å²) in [7, 11) is 3.34. The second-order valence-corrected chi connectivity index (χ2v) is 15.1. The minimum Gasteiger partial charge on any atom is -0.497 e. The maximum atomic E-state index is 11.3. The summed E-state index contributed by atoms with van der Waals surface area (Å²) in [6.45, 7) is 0. The zero-order valence-electron chi connectivity index (χ0n) is 30.7. The SMILES string of the molecule is COc1ccc(N(c2ccc(OC)cc2)c2ccc(-c3ccc(N(c4ccc(-c5ccc(C=O)s5)cc4)c4ccc(-c5ccc(C=O)s5)cc4)cc3)cc2)cc1. The van der Waals surface area contributed by atoms with E-state index in [-0.39, 0.29) is 0 Å². The van der Waals surface area contributed by atoms with Gasteiger partial charge in [-0.05, 0) is 144 Å². The number of carbonyl (C=O) groups excluding carboxylic acids is 2. The molecular formula is C48H36N2O4S2. The minimum atomic E-state index is 0.707. The van der Waals surface area contributed by atoms with E-state index in [1.807, 2.05) is 48.5 Å². The van der Waals surface area contributed by atoms with Gasteiger partial charge in [-0.1, -0.05) is 48.5 Å². The number of carbonyl (C=O) groups is 2. The fourth-order valence-corrected chi connectivity index (χ4v) is 8.31. The van der Waals surface area contributed by atoms with Crippen LogP contribution in [-0.4, -0.2) is 26.8 Å². The van der Waals surface area contributed by atoms with Crippen LogP contribution >= 0.6 is 22.7 Å². The lowest BCUT2D eigenvalue weighted by atomic mass is 10.0. The molecule has 6 aromatic carbocycles. The van der Waals surface area contributed by atoms with Crippen molar-refractivity contribution in [3.05, 3.63) is 180 Å². The number of methoxy groups -OCH3 is 2. The second kappa shape index (κ2) is 16.3. The lowest BCUT2D eigenvalue weighted by Gasteiger charge is -2.26. The Morgan fingerprint density at radius 2 is 0.625 bits per heavy atom. The molecule has 8 heteroatoms. The molecule has 0 aliphatic rings. The Labute approximate surface area is 334 Å². The summed E-state index contributed by atoms with van der Waals surface area (Å²) in [6, 6.07) is 57.8. The highest BCUT2D eigenvalue weighted by atomic mass is 32.1. The predicted octanol–water partition coefficient (Wildman–Crippen LogP) is 13.4. The average Bonchev–Trinajstić information content (AvgIpc) is 3.96. The van der Waals surface area contributed by atoms with Crippen LogP contribution in [0, 0.1) is 0 Å². The Kier molecular flexibility index (Phi) is 10.6. The van der Waals surface area contributed by atoms with E-state index in [1.165, 1.54) is 22.7 Å². The van der Waals surface area contributed by atoms with Crippen LogP contribution in [0.15, 0.2) is 170 Å². The Hall–Kier alpha value is -6.74. The van der Waals surface area contributed by atoms with E-state index < -0.39 is 0 Å². The highest BCUT2D eigenvalue weighted by Crippen LogP contribution is 2.40. The Balaban J connectivity index is 1.10. The standard InChI is InChI=1S/C48H36N2O4S2/c1-53-43-23-19-41(20-24-43)50(42-21-25-44(54-2)26-22-42)38-13-5-34(6-14-38)33-3-11-37(12-4-33)49(39-15-7-35(8-16-39)47-29-27-45(31-51)55-47)40-17-9-36(10-18-40)48-30-28-46(32-52)56-48/h3-32H,1-2H3. The molecule has 0 amide bonds. The van der Waals surface area contributed by atoms with Gasteiger partial charge in [-0.2, -0.15) is 0 Å². The maximum Gasteiger partial charge on any atom is 0.160 e. The number of benzene rings is 6. The van der Waals surface area contributed by atoms with Gasteiger partial charge in [0.1, 0.15) is 11.5 Å². The van der Waals surface area contributed by atoms with Gasteiger partial charge in [0.25, 0.3) is 0 Å². The van der Waals surface area contributed by atoms with Crippen LogP contribution in [0.1, 0.15) is 19.3 Å². The van der Waals surface area contributed by atoms with Gasteiger partial charge in [0.05, 0.1) is 24.0 Å². The highest BCUT2D eigenvalue weighted by molar-refractivity contribution is 7.17. The quantitative estimate of drug-likeness (QED) is 0.109. The molecule has 0 unspecified atom stereocenters. The number of ether oxygens (including phenoxy) is 2. The van der Waals surface area contributed by atoms with Crippen molar-refractivity contribution in [3.63, 3.8) is 0 Å². The monoisotopic (exact) mass is 768 g/mol. The van der Waals surface area contributed by atoms with Gasteiger partial charge < -0.3 is 19.3 Å². The number of anilines is 6. The molecule has 56 heavy (non-hydrogen) atoms. The molecule has 0 saturated heterocycles. The van der Waals surface area contributed by atoms with Gasteiger partial charge in [0.15, 0.2) is 12.6 Å². The zero-order chi connectivity index (χ0) is 38.4. The summed E-state index contributed by atoms with van der Waals surface area (Å²) in [5, 5.41) is 0. The minimum absolute atomic E-state index is 0.707. The van der Waals surface area contributed by atoms with E-state index in [0.717, 1.165) is 90.2 Å². The fourth-order valence-electron chi connectivity index (χ4n) is 6.66. The Bertz CT molecular complexity index is 2420. The van der Waals surface area contributed by atoms with Crippen LogP contribution < -0.4 is 19.3 Å². The van der Waals surface area contributed by atoms with Crippen molar-refractivity contribution < 1.29 is 19.1 Å². The lowest BCUT2D eigenvalue weighted by Crippen LogP contribution is -2.10.